The highest BCUT2D eigenvalue weighted by atomic mass is 35.5. The largest absolute Gasteiger partial charge is 0.476 e. The molecule has 0 spiro atoms. The Bertz CT molecular complexity index is 420. The first-order valence-corrected chi connectivity index (χ1v) is 5.06. The molecule has 0 saturated heterocycles. The molecule has 0 radical (unpaired) electrons. The maximum atomic E-state index is 11.5. The number of ether oxygens (including phenoxy) is 1. The number of hydrogen-bond donors (Lipinski definition) is 2. The van der Waals surface area contributed by atoms with E-state index in [1.165, 1.54) is 0 Å². The van der Waals surface area contributed by atoms with Crippen LogP contribution in [0.5, 0.6) is 5.75 Å². The molecule has 80 valence electrons. The van der Waals surface area contributed by atoms with Gasteiger partial charge in [0.05, 0.1) is 11.4 Å². The Morgan fingerprint density at radius 1 is 1.60 bits per heavy atom. The summed E-state index contributed by atoms with van der Waals surface area (Å²) in [6.07, 6.45) is 0.133. The van der Waals surface area contributed by atoms with Crippen molar-refractivity contribution in [1.82, 2.24) is 0 Å². The van der Waals surface area contributed by atoms with Gasteiger partial charge in [-0.3, -0.25) is 4.79 Å². The number of nitrogens with two attached hydrogens (primary N) is 1. The van der Waals surface area contributed by atoms with E-state index < -0.39 is 6.10 Å². The number of nitrogens with one attached hydrogen (secondary N) is 1. The van der Waals surface area contributed by atoms with Crippen LogP contribution in [0.2, 0.25) is 5.02 Å². The molecule has 1 atom stereocenters. The van der Waals surface area contributed by atoms with E-state index in [1.54, 1.807) is 12.1 Å². The van der Waals surface area contributed by atoms with Gasteiger partial charge >= 0.3 is 0 Å². The predicted octanol–water partition coefficient (Wildman–Crippen LogP) is 2.03. The molecule has 0 aliphatic carbocycles. The van der Waals surface area contributed by atoms with Crippen molar-refractivity contribution in [2.75, 3.05) is 11.1 Å². The molecule has 0 saturated carbocycles. The van der Waals surface area contributed by atoms with Crippen LogP contribution in [0.4, 0.5) is 11.4 Å². The molecule has 1 aliphatic heterocycles. The van der Waals surface area contributed by atoms with Gasteiger partial charge in [-0.2, -0.15) is 0 Å². The molecule has 1 heterocycles. The van der Waals surface area contributed by atoms with Gasteiger partial charge in [0.1, 0.15) is 0 Å². The number of fused-ring (bicyclic) bond motifs is 1. The van der Waals surface area contributed by atoms with Crippen molar-refractivity contribution >= 4 is 28.9 Å². The molecule has 15 heavy (non-hydrogen) atoms. The molecule has 3 N–H and O–H groups in total. The van der Waals surface area contributed by atoms with E-state index in [-0.39, 0.29) is 5.91 Å². The maximum absolute atomic E-state index is 11.5. The summed E-state index contributed by atoms with van der Waals surface area (Å²) in [5.41, 5.74) is 6.72. The van der Waals surface area contributed by atoms with Gasteiger partial charge in [-0.25, -0.2) is 0 Å². The zero-order valence-corrected chi connectivity index (χ0v) is 8.97. The Morgan fingerprint density at radius 2 is 2.33 bits per heavy atom. The van der Waals surface area contributed by atoms with Crippen molar-refractivity contribution in [1.29, 1.82) is 0 Å². The lowest BCUT2D eigenvalue weighted by Crippen LogP contribution is -2.36. The Morgan fingerprint density at radius 3 is 3.00 bits per heavy atom. The SMILES string of the molecule is CCC1Oc2c(N)cc(Cl)cc2NC1=O. The number of hydrogen-bond acceptors (Lipinski definition) is 3. The fourth-order valence-corrected chi connectivity index (χ4v) is 1.74. The molecule has 1 amide bonds. The molecule has 0 aromatic heterocycles. The number of anilines is 2. The molecule has 1 aromatic carbocycles. The highest BCUT2D eigenvalue weighted by Crippen LogP contribution is 2.38. The maximum Gasteiger partial charge on any atom is 0.265 e. The molecule has 0 bridgehead atoms. The lowest BCUT2D eigenvalue weighted by Gasteiger charge is -2.26. The summed E-state index contributed by atoms with van der Waals surface area (Å²) in [7, 11) is 0. The van der Waals surface area contributed by atoms with Crippen LogP contribution in [-0.4, -0.2) is 12.0 Å². The number of carbonyl (C=O) groups excluding carboxylic acids is 1. The molecule has 4 nitrogen and oxygen atoms in total. The van der Waals surface area contributed by atoms with Gasteiger partial charge < -0.3 is 15.8 Å². The van der Waals surface area contributed by atoms with E-state index in [4.69, 9.17) is 22.1 Å². The van der Waals surface area contributed by atoms with Crippen molar-refractivity contribution in [3.63, 3.8) is 0 Å². The van der Waals surface area contributed by atoms with E-state index in [9.17, 15) is 4.79 Å². The first kappa shape index (κ1) is 10.1. The van der Waals surface area contributed by atoms with Crippen LogP contribution in [0.25, 0.3) is 0 Å². The highest BCUT2D eigenvalue weighted by molar-refractivity contribution is 6.31. The fraction of sp³-hybridized carbons (Fsp3) is 0.300. The van der Waals surface area contributed by atoms with Crippen LogP contribution in [0.3, 0.4) is 0 Å². The third kappa shape index (κ3) is 1.72. The summed E-state index contributed by atoms with van der Waals surface area (Å²) in [5.74, 6) is 0.345. The third-order valence-electron chi connectivity index (χ3n) is 2.26. The van der Waals surface area contributed by atoms with Crippen molar-refractivity contribution in [3.05, 3.63) is 17.2 Å². The van der Waals surface area contributed by atoms with Crippen LogP contribution in [0, 0.1) is 0 Å². The molecular weight excluding hydrogens is 216 g/mol. The molecule has 0 fully saturated rings. The second-order valence-corrected chi connectivity index (χ2v) is 3.81. The summed E-state index contributed by atoms with van der Waals surface area (Å²) < 4.78 is 5.48. The molecule has 1 unspecified atom stereocenters. The van der Waals surface area contributed by atoms with Crippen LogP contribution in [0.15, 0.2) is 12.1 Å². The van der Waals surface area contributed by atoms with Crippen LogP contribution in [-0.2, 0) is 4.79 Å². The van der Waals surface area contributed by atoms with E-state index >= 15 is 0 Å². The van der Waals surface area contributed by atoms with Gasteiger partial charge in [-0.05, 0) is 18.6 Å². The Balaban J connectivity index is 2.45. The van der Waals surface area contributed by atoms with Gasteiger partial charge in [0.25, 0.3) is 5.91 Å². The number of rotatable bonds is 1. The average Bonchev–Trinajstić information content (AvgIpc) is 2.16. The van der Waals surface area contributed by atoms with Gasteiger partial charge in [-0.15, -0.1) is 0 Å². The van der Waals surface area contributed by atoms with E-state index in [1.807, 2.05) is 6.92 Å². The van der Waals surface area contributed by atoms with Crippen molar-refractivity contribution in [2.45, 2.75) is 19.4 Å². The van der Waals surface area contributed by atoms with Crippen LogP contribution in [0.1, 0.15) is 13.3 Å². The summed E-state index contributed by atoms with van der Waals surface area (Å²) in [4.78, 5) is 11.5. The quantitative estimate of drug-likeness (QED) is 0.721. The molecule has 5 heteroatoms. The van der Waals surface area contributed by atoms with Gasteiger partial charge in [0, 0.05) is 5.02 Å². The minimum absolute atomic E-state index is 0.160. The molecule has 2 rings (SSSR count). The fourth-order valence-electron chi connectivity index (χ4n) is 1.52. The summed E-state index contributed by atoms with van der Waals surface area (Å²) in [5, 5.41) is 3.19. The second-order valence-electron chi connectivity index (χ2n) is 3.38. The molecular formula is C10H11ClN2O2. The third-order valence-corrected chi connectivity index (χ3v) is 2.48. The Labute approximate surface area is 92.4 Å². The summed E-state index contributed by atoms with van der Waals surface area (Å²) in [6, 6.07) is 3.22. The first-order valence-electron chi connectivity index (χ1n) is 4.68. The van der Waals surface area contributed by atoms with Crippen molar-refractivity contribution in [3.8, 4) is 5.75 Å². The second kappa shape index (κ2) is 3.62. The molecule has 1 aromatic rings. The number of halogens is 1. The first-order chi connectivity index (χ1) is 7.11. The lowest BCUT2D eigenvalue weighted by molar-refractivity contribution is -0.123. The summed E-state index contributed by atoms with van der Waals surface area (Å²) in [6.45, 7) is 1.88. The van der Waals surface area contributed by atoms with Crippen LogP contribution < -0.4 is 15.8 Å². The topological polar surface area (TPSA) is 64.3 Å². The van der Waals surface area contributed by atoms with E-state index in [2.05, 4.69) is 5.32 Å². The standard InChI is InChI=1S/C10H11ClN2O2/c1-2-8-10(14)13-7-4-5(11)3-6(12)9(7)15-8/h3-4,8H,2,12H2,1H3,(H,13,14). The van der Waals surface area contributed by atoms with E-state index in [0.717, 1.165) is 0 Å². The monoisotopic (exact) mass is 226 g/mol. The Kier molecular flexibility index (Phi) is 2.44. The number of nitrogen functional groups attached to an aromatic ring is 1. The number of amides is 1. The van der Waals surface area contributed by atoms with Crippen molar-refractivity contribution in [2.24, 2.45) is 0 Å². The average molecular weight is 227 g/mol. The zero-order valence-electron chi connectivity index (χ0n) is 8.21. The zero-order chi connectivity index (χ0) is 11.0. The van der Waals surface area contributed by atoms with Gasteiger partial charge in [0.15, 0.2) is 11.9 Å². The normalized spacial score (nSPS) is 19.1. The predicted molar refractivity (Wildman–Crippen MR) is 59.2 cm³/mol. The van der Waals surface area contributed by atoms with E-state index in [0.29, 0.717) is 28.6 Å². The number of carbonyl (C=O) groups is 1. The summed E-state index contributed by atoms with van der Waals surface area (Å²) >= 11 is 5.81. The smallest absolute Gasteiger partial charge is 0.265 e. The lowest BCUT2D eigenvalue weighted by atomic mass is 10.1. The highest BCUT2D eigenvalue weighted by Gasteiger charge is 2.27. The van der Waals surface area contributed by atoms with Crippen LogP contribution >= 0.6 is 11.6 Å². The van der Waals surface area contributed by atoms with Gasteiger partial charge in [-0.1, -0.05) is 18.5 Å². The van der Waals surface area contributed by atoms with Crippen molar-refractivity contribution < 1.29 is 9.53 Å². The minimum Gasteiger partial charge on any atom is -0.476 e. The van der Waals surface area contributed by atoms with Gasteiger partial charge in [0.2, 0.25) is 0 Å². The minimum atomic E-state index is -0.471. The Hall–Kier alpha value is -1.42. The molecule has 1 aliphatic rings. The number of benzene rings is 1.